The summed E-state index contributed by atoms with van der Waals surface area (Å²) in [7, 11) is 0. The topological polar surface area (TPSA) is 0 Å². The summed E-state index contributed by atoms with van der Waals surface area (Å²) in [6.07, 6.45) is 0. The lowest BCUT2D eigenvalue weighted by molar-refractivity contribution is -0.234. The molecule has 4 aliphatic carbocycles. The minimum absolute atomic E-state index is 0.00670. The molecule has 0 spiro atoms. The van der Waals surface area contributed by atoms with Crippen molar-refractivity contribution in [1.29, 1.82) is 0 Å². The predicted molar refractivity (Wildman–Crippen MR) is 129 cm³/mol. The molecule has 8 rings (SSSR count). The van der Waals surface area contributed by atoms with E-state index >= 15 is 35.1 Å². The Morgan fingerprint density at radius 3 is 0.976 bits per heavy atom. The smallest absolute Gasteiger partial charge is 0.203 e. The Kier molecular flexibility index (Phi) is 7.32. The second-order valence-electron chi connectivity index (χ2n) is 8.98. The highest BCUT2D eigenvalue weighted by Crippen LogP contribution is 2.60. The highest BCUT2D eigenvalue weighted by Gasteiger charge is 2.67. The molecule has 0 N–H and O–H groups in total. The maximum absolute atomic E-state index is 15.8. The van der Waals surface area contributed by atoms with Gasteiger partial charge in [-0.3, -0.25) is 0 Å². The summed E-state index contributed by atoms with van der Waals surface area (Å²) in [5.41, 5.74) is -10.1. The molecule has 0 saturated heterocycles. The van der Waals surface area contributed by atoms with Gasteiger partial charge in [0.25, 0.3) is 0 Å². The van der Waals surface area contributed by atoms with Gasteiger partial charge in [-0.25, -0.2) is 17.6 Å². The van der Waals surface area contributed by atoms with Crippen molar-refractivity contribution in [2.75, 3.05) is 0 Å². The van der Waals surface area contributed by atoms with Crippen LogP contribution >= 0.6 is 23.5 Å². The van der Waals surface area contributed by atoms with Gasteiger partial charge >= 0.3 is 23.7 Å². The van der Waals surface area contributed by atoms with Gasteiger partial charge in [0.1, 0.15) is 11.1 Å². The molecule has 0 unspecified atom stereocenters. The number of benzene rings is 4. The normalized spacial score (nSPS) is 18.0. The number of rotatable bonds is 4. The van der Waals surface area contributed by atoms with Crippen LogP contribution in [-0.2, 0) is 23.7 Å². The summed E-state index contributed by atoms with van der Waals surface area (Å²) in [4.78, 5) is -2.20. The lowest BCUT2D eigenvalue weighted by atomic mass is 9.87. The van der Waals surface area contributed by atoms with Crippen LogP contribution in [-0.4, -0.2) is 0 Å². The second-order valence-corrected chi connectivity index (χ2v) is 11.2. The van der Waals surface area contributed by atoms with Crippen LogP contribution in [0, 0.1) is 23.3 Å². The van der Waals surface area contributed by atoms with E-state index in [0.717, 1.165) is 0 Å². The average Bonchev–Trinajstić information content (AvgIpc) is 2.93. The van der Waals surface area contributed by atoms with Gasteiger partial charge in [0.15, 0.2) is 23.3 Å². The Bertz CT molecular complexity index is 1520. The molecule has 0 aliphatic heterocycles. The molecule has 4 bridgehead atoms. The fraction of sp³-hybridized carbons (Fsp3) is 0.143. The monoisotopic (exact) mass is 640 g/mol. The Balaban J connectivity index is 1.95. The third-order valence-electron chi connectivity index (χ3n) is 6.38. The molecule has 220 valence electrons. The summed E-state index contributed by atoms with van der Waals surface area (Å²) in [6, 6.07) is 13.6. The first-order valence-electron chi connectivity index (χ1n) is 11.6. The molecular weight excluding hydrogens is 628 g/mol. The van der Waals surface area contributed by atoms with E-state index in [4.69, 9.17) is 0 Å². The molecule has 0 aromatic heterocycles. The van der Waals surface area contributed by atoms with E-state index in [1.807, 2.05) is 0 Å². The first-order chi connectivity index (χ1) is 19.5. The van der Waals surface area contributed by atoms with Crippen molar-refractivity contribution >= 4 is 23.5 Å². The van der Waals surface area contributed by atoms with Crippen LogP contribution in [0.15, 0.2) is 92.4 Å². The predicted octanol–water partition coefficient (Wildman–Crippen LogP) is 10.6. The van der Waals surface area contributed by atoms with E-state index in [0.29, 0.717) is 0 Å². The largest absolute Gasteiger partial charge is 0.345 e. The second kappa shape index (κ2) is 10.2. The zero-order valence-corrected chi connectivity index (χ0v) is 21.9. The van der Waals surface area contributed by atoms with Crippen LogP contribution in [0.25, 0.3) is 0 Å². The Hall–Kier alpha value is -3.26. The molecule has 0 nitrogen and oxygen atoms in total. The van der Waals surface area contributed by atoms with Gasteiger partial charge in [0.2, 0.25) is 0 Å². The molecule has 4 aromatic rings. The van der Waals surface area contributed by atoms with Gasteiger partial charge in [0.05, 0.1) is 0 Å². The average molecular weight is 641 g/mol. The Morgan fingerprint density at radius 2 is 0.690 bits per heavy atom. The van der Waals surface area contributed by atoms with Gasteiger partial charge < -0.3 is 0 Å². The fourth-order valence-corrected chi connectivity index (χ4v) is 6.33. The first-order valence-corrected chi connectivity index (χ1v) is 13.2. The maximum atomic E-state index is 15.8. The fourth-order valence-electron chi connectivity index (χ4n) is 4.29. The zero-order chi connectivity index (χ0) is 30.8. The molecule has 4 aliphatic rings. The van der Waals surface area contributed by atoms with Crippen molar-refractivity contribution in [3.8, 4) is 0 Å². The first kappa shape index (κ1) is 30.2. The number of hydrogen-bond acceptors (Lipinski definition) is 2. The van der Waals surface area contributed by atoms with Gasteiger partial charge in [-0.15, -0.1) is 0 Å². The van der Waals surface area contributed by atoms with Gasteiger partial charge in [-0.05, 0) is 36.4 Å². The lowest BCUT2D eigenvalue weighted by Crippen LogP contribution is -2.42. The Labute approximate surface area is 237 Å². The third kappa shape index (κ3) is 4.45. The highest BCUT2D eigenvalue weighted by molar-refractivity contribution is 7.99. The van der Waals surface area contributed by atoms with E-state index in [1.165, 1.54) is 60.7 Å². The van der Waals surface area contributed by atoms with Crippen molar-refractivity contribution < 1.29 is 52.7 Å². The van der Waals surface area contributed by atoms with Crippen molar-refractivity contribution in [3.05, 3.63) is 118 Å². The minimum Gasteiger partial charge on any atom is -0.203 e. The van der Waals surface area contributed by atoms with Crippen LogP contribution < -0.4 is 0 Å². The number of alkyl halides is 8. The molecule has 4 aromatic carbocycles. The Morgan fingerprint density at radius 1 is 0.405 bits per heavy atom. The van der Waals surface area contributed by atoms with Crippen LogP contribution in [0.5, 0.6) is 0 Å². The summed E-state index contributed by atoms with van der Waals surface area (Å²) in [6.45, 7) is 0. The maximum Gasteiger partial charge on any atom is 0.345 e. The van der Waals surface area contributed by atoms with Crippen LogP contribution in [0.2, 0.25) is 0 Å². The molecule has 0 atom stereocenters. The molecule has 0 saturated carbocycles. The number of halogens is 12. The lowest BCUT2D eigenvalue weighted by Gasteiger charge is -2.34. The van der Waals surface area contributed by atoms with E-state index < -0.39 is 79.0 Å². The summed E-state index contributed by atoms with van der Waals surface area (Å²) in [5, 5.41) is 0. The number of hydrogen-bond donors (Lipinski definition) is 0. The minimum atomic E-state index is -6.11. The summed E-state index contributed by atoms with van der Waals surface area (Å²) >= 11 is 0.391. The third-order valence-corrected chi connectivity index (χ3v) is 8.51. The summed E-state index contributed by atoms with van der Waals surface area (Å²) in [5.74, 6) is -37.1. The van der Waals surface area contributed by atoms with E-state index in [9.17, 15) is 17.6 Å². The molecule has 0 fully saturated rings. The van der Waals surface area contributed by atoms with Crippen molar-refractivity contribution in [2.45, 2.75) is 43.3 Å². The van der Waals surface area contributed by atoms with Crippen LogP contribution in [0.4, 0.5) is 52.7 Å². The molecule has 0 amide bonds. The SMILES string of the molecule is Fc1c(F)c2c(F)c(F)c1C(F)(F)C(F)(F)c1cc(Sc3ccccc3)c(cc1Sc1ccccc1)C(F)(F)C2(F)F. The highest BCUT2D eigenvalue weighted by atomic mass is 32.2. The molecule has 0 radical (unpaired) electrons. The molecule has 42 heavy (non-hydrogen) atoms. The van der Waals surface area contributed by atoms with E-state index in [1.54, 1.807) is 0 Å². The molecule has 14 heteroatoms. The van der Waals surface area contributed by atoms with Gasteiger partial charge in [-0.2, -0.15) is 35.1 Å². The van der Waals surface area contributed by atoms with E-state index in [-0.39, 0.29) is 45.4 Å². The molecule has 0 heterocycles. The van der Waals surface area contributed by atoms with Crippen LogP contribution in [0.3, 0.4) is 0 Å². The van der Waals surface area contributed by atoms with Crippen molar-refractivity contribution in [1.82, 2.24) is 0 Å². The zero-order valence-electron chi connectivity index (χ0n) is 20.3. The van der Waals surface area contributed by atoms with Crippen molar-refractivity contribution in [3.63, 3.8) is 0 Å². The van der Waals surface area contributed by atoms with Crippen molar-refractivity contribution in [2.24, 2.45) is 0 Å². The van der Waals surface area contributed by atoms with E-state index in [2.05, 4.69) is 0 Å². The molecular formula is C28H12F12S2. The quantitative estimate of drug-likeness (QED) is 0.161. The van der Waals surface area contributed by atoms with Gasteiger partial charge in [0, 0.05) is 30.7 Å². The summed E-state index contributed by atoms with van der Waals surface area (Å²) < 4.78 is 184. The standard InChI is InChI=1S/C28H12F12S2/c29-21-19-22(30)24(32)20(23(21)31)28(39,40)26(35,36)16-11-17(41-13-7-3-1-4-8-13)15(25(33,34)27(19,37)38)12-18(16)42-14-9-5-2-6-10-14/h1-12H. The van der Waals surface area contributed by atoms with Crippen LogP contribution in [0.1, 0.15) is 22.3 Å². The van der Waals surface area contributed by atoms with Gasteiger partial charge in [-0.1, -0.05) is 59.9 Å².